The summed E-state index contributed by atoms with van der Waals surface area (Å²) in [5.41, 5.74) is 3.30. The number of furan rings is 1. The van der Waals surface area contributed by atoms with E-state index in [1.807, 2.05) is 30.5 Å². The number of nitrogens with one attached hydrogen (secondary N) is 1. The van der Waals surface area contributed by atoms with Gasteiger partial charge in [0.2, 0.25) is 10.0 Å². The second kappa shape index (κ2) is 6.50. The smallest absolute Gasteiger partial charge is 0.293 e. The van der Waals surface area contributed by atoms with Gasteiger partial charge in [-0.1, -0.05) is 6.07 Å². The summed E-state index contributed by atoms with van der Waals surface area (Å²) in [6, 6.07) is 8.75. The Hall–Kier alpha value is -2.65. The molecule has 1 atom stereocenters. The molecule has 4 rings (SSSR count). The number of aromatic nitrogens is 1. The molecule has 0 saturated heterocycles. The van der Waals surface area contributed by atoms with Gasteiger partial charge in [-0.2, -0.15) is 0 Å². The number of anilines is 2. The number of sulfonamides is 1. The van der Waals surface area contributed by atoms with Gasteiger partial charge in [-0.05, 0) is 43.2 Å². The van der Waals surface area contributed by atoms with Crippen molar-refractivity contribution in [3.8, 4) is 11.3 Å². The predicted molar refractivity (Wildman–Crippen MR) is 105 cm³/mol. The average Bonchev–Trinajstić information content (AvgIpc) is 3.32. The first-order valence-corrected chi connectivity index (χ1v) is 11.0. The largest absolute Gasteiger partial charge is 0.459 e. The van der Waals surface area contributed by atoms with E-state index in [0.29, 0.717) is 11.6 Å². The van der Waals surface area contributed by atoms with Crippen LogP contribution in [0.25, 0.3) is 11.3 Å². The Labute approximate surface area is 160 Å². The molecule has 3 heterocycles. The van der Waals surface area contributed by atoms with Gasteiger partial charge in [0, 0.05) is 17.0 Å². The topological polar surface area (TPSA) is 92.5 Å². The molecule has 1 N–H and O–H groups in total. The van der Waals surface area contributed by atoms with Crippen LogP contribution in [0.2, 0.25) is 0 Å². The van der Waals surface area contributed by atoms with E-state index >= 15 is 0 Å². The molecule has 2 aromatic heterocycles. The maximum Gasteiger partial charge on any atom is 0.293 e. The van der Waals surface area contributed by atoms with Crippen molar-refractivity contribution in [1.82, 2.24) is 4.98 Å². The molecule has 3 aromatic rings. The van der Waals surface area contributed by atoms with Crippen molar-refractivity contribution in [3.05, 3.63) is 53.3 Å². The van der Waals surface area contributed by atoms with E-state index in [-0.39, 0.29) is 17.7 Å². The Morgan fingerprint density at radius 3 is 2.89 bits per heavy atom. The van der Waals surface area contributed by atoms with Crippen molar-refractivity contribution < 1.29 is 17.6 Å². The van der Waals surface area contributed by atoms with Gasteiger partial charge in [0.15, 0.2) is 10.9 Å². The van der Waals surface area contributed by atoms with Crippen molar-refractivity contribution >= 4 is 38.1 Å². The Bertz CT molecular complexity index is 1100. The molecule has 1 aliphatic heterocycles. The van der Waals surface area contributed by atoms with E-state index < -0.39 is 10.0 Å². The number of rotatable bonds is 4. The fraction of sp³-hybridized carbons (Fsp3) is 0.222. The summed E-state index contributed by atoms with van der Waals surface area (Å²) in [6.45, 7) is 1.89. The van der Waals surface area contributed by atoms with E-state index in [0.717, 1.165) is 22.5 Å². The molecule has 0 bridgehead atoms. The van der Waals surface area contributed by atoms with Crippen LogP contribution in [0.3, 0.4) is 0 Å². The van der Waals surface area contributed by atoms with Crippen LogP contribution >= 0.6 is 11.3 Å². The number of thiazole rings is 1. The Balaban J connectivity index is 1.58. The summed E-state index contributed by atoms with van der Waals surface area (Å²) < 4.78 is 30.6. The van der Waals surface area contributed by atoms with Crippen molar-refractivity contribution in [2.45, 2.75) is 19.4 Å². The van der Waals surface area contributed by atoms with Gasteiger partial charge in [0.1, 0.15) is 0 Å². The molecule has 0 spiro atoms. The lowest BCUT2D eigenvalue weighted by Crippen LogP contribution is -2.34. The maximum absolute atomic E-state index is 12.0. The van der Waals surface area contributed by atoms with E-state index in [1.165, 1.54) is 28.2 Å². The number of carbonyl (C=O) groups excluding carboxylic acids is 1. The minimum atomic E-state index is -3.31. The van der Waals surface area contributed by atoms with E-state index in [9.17, 15) is 13.2 Å². The van der Waals surface area contributed by atoms with Gasteiger partial charge < -0.3 is 4.42 Å². The van der Waals surface area contributed by atoms with Crippen LogP contribution in [0.15, 0.2) is 46.4 Å². The van der Waals surface area contributed by atoms with Crippen LogP contribution in [-0.2, 0) is 16.4 Å². The van der Waals surface area contributed by atoms with Crippen LogP contribution in [0.5, 0.6) is 0 Å². The van der Waals surface area contributed by atoms with Crippen molar-refractivity contribution in [3.63, 3.8) is 0 Å². The Morgan fingerprint density at radius 1 is 1.37 bits per heavy atom. The summed E-state index contributed by atoms with van der Waals surface area (Å²) in [5, 5.41) is 5.03. The lowest BCUT2D eigenvalue weighted by molar-refractivity contribution is 0.0996. The molecule has 7 nitrogen and oxygen atoms in total. The van der Waals surface area contributed by atoms with E-state index in [4.69, 9.17) is 4.42 Å². The van der Waals surface area contributed by atoms with Gasteiger partial charge in [0.25, 0.3) is 5.91 Å². The van der Waals surface area contributed by atoms with E-state index in [2.05, 4.69) is 10.3 Å². The van der Waals surface area contributed by atoms with Gasteiger partial charge in [-0.25, -0.2) is 13.4 Å². The third-order valence-corrected chi connectivity index (χ3v) is 6.38. The van der Waals surface area contributed by atoms with Crippen LogP contribution in [0, 0.1) is 0 Å². The highest BCUT2D eigenvalue weighted by Crippen LogP contribution is 2.37. The standard InChI is InChI=1S/C18H17N3O4S2/c1-11-8-13-9-12(5-6-15(13)21(11)27(2,23)24)14-10-26-18(19-14)20-17(22)16-4-3-7-25-16/h3-7,9-11H,8H2,1-2H3,(H,19,20,22)/t11-/m1/s1. The average molecular weight is 403 g/mol. The van der Waals surface area contributed by atoms with Crippen molar-refractivity contribution in [2.75, 3.05) is 15.9 Å². The highest BCUT2D eigenvalue weighted by atomic mass is 32.2. The fourth-order valence-electron chi connectivity index (χ4n) is 3.30. The van der Waals surface area contributed by atoms with Crippen molar-refractivity contribution in [2.24, 2.45) is 0 Å². The van der Waals surface area contributed by atoms with Crippen molar-refractivity contribution in [1.29, 1.82) is 0 Å². The first kappa shape index (κ1) is 17.7. The lowest BCUT2D eigenvalue weighted by Gasteiger charge is -2.21. The van der Waals surface area contributed by atoms with Gasteiger partial charge in [-0.3, -0.25) is 14.4 Å². The number of nitrogens with zero attached hydrogens (tertiary/aromatic N) is 2. The Morgan fingerprint density at radius 2 is 2.19 bits per heavy atom. The lowest BCUT2D eigenvalue weighted by atomic mass is 10.1. The molecule has 0 aliphatic carbocycles. The molecule has 0 fully saturated rings. The number of carbonyl (C=O) groups is 1. The highest BCUT2D eigenvalue weighted by molar-refractivity contribution is 7.92. The summed E-state index contributed by atoms with van der Waals surface area (Å²) in [7, 11) is -3.31. The van der Waals surface area contributed by atoms with Crippen LogP contribution in [0.4, 0.5) is 10.8 Å². The summed E-state index contributed by atoms with van der Waals surface area (Å²) >= 11 is 1.32. The predicted octanol–water partition coefficient (Wildman–Crippen LogP) is 3.37. The van der Waals surface area contributed by atoms with Gasteiger partial charge in [0.05, 0.1) is 23.9 Å². The molecule has 1 aromatic carbocycles. The van der Waals surface area contributed by atoms with Crippen LogP contribution < -0.4 is 9.62 Å². The first-order chi connectivity index (χ1) is 12.8. The molecule has 1 aliphatic rings. The van der Waals surface area contributed by atoms with Crippen LogP contribution in [-0.4, -0.2) is 31.6 Å². The number of benzene rings is 1. The van der Waals surface area contributed by atoms with Crippen LogP contribution in [0.1, 0.15) is 23.0 Å². The zero-order chi connectivity index (χ0) is 19.2. The molecule has 0 radical (unpaired) electrons. The molecule has 9 heteroatoms. The minimum absolute atomic E-state index is 0.108. The summed E-state index contributed by atoms with van der Waals surface area (Å²) in [5.74, 6) is -0.133. The van der Waals surface area contributed by atoms with Gasteiger partial charge in [-0.15, -0.1) is 11.3 Å². The molecular weight excluding hydrogens is 386 g/mol. The third kappa shape index (κ3) is 3.35. The van der Waals surface area contributed by atoms with Gasteiger partial charge >= 0.3 is 0 Å². The quantitative estimate of drug-likeness (QED) is 0.721. The molecule has 0 saturated carbocycles. The number of amides is 1. The normalized spacial score (nSPS) is 16.4. The fourth-order valence-corrected chi connectivity index (χ4v) is 5.28. The molecular formula is C18H17N3O4S2. The molecule has 140 valence electrons. The molecule has 1 amide bonds. The molecule has 27 heavy (non-hydrogen) atoms. The number of hydrogen-bond acceptors (Lipinski definition) is 6. The Kier molecular flexibility index (Phi) is 4.27. The second-order valence-electron chi connectivity index (χ2n) is 6.42. The van der Waals surface area contributed by atoms with E-state index in [1.54, 1.807) is 12.1 Å². The highest BCUT2D eigenvalue weighted by Gasteiger charge is 2.32. The molecule has 0 unspecified atom stereocenters. The number of hydrogen-bond donors (Lipinski definition) is 1. The zero-order valence-corrected chi connectivity index (χ0v) is 16.3. The summed E-state index contributed by atoms with van der Waals surface area (Å²) in [6.07, 6.45) is 3.32. The second-order valence-corrected chi connectivity index (χ2v) is 9.14. The summed E-state index contributed by atoms with van der Waals surface area (Å²) in [4.78, 5) is 16.5. The SMILES string of the molecule is C[C@@H]1Cc2cc(-c3csc(NC(=O)c4ccco4)n3)ccc2N1S(C)(=O)=O. The third-order valence-electron chi connectivity index (χ3n) is 4.36. The zero-order valence-electron chi connectivity index (χ0n) is 14.7. The first-order valence-electron chi connectivity index (χ1n) is 8.26. The monoisotopic (exact) mass is 403 g/mol. The minimum Gasteiger partial charge on any atom is -0.459 e. The number of fused-ring (bicyclic) bond motifs is 1. The maximum atomic E-state index is 12.0.